The smallest absolute Gasteiger partial charge is 0.283 e. The van der Waals surface area contributed by atoms with E-state index in [0.717, 1.165) is 37.0 Å². The molecule has 2 fully saturated rings. The van der Waals surface area contributed by atoms with Gasteiger partial charge in [-0.15, -0.1) is 0 Å². The van der Waals surface area contributed by atoms with Crippen molar-refractivity contribution in [2.75, 3.05) is 31.9 Å². The molecule has 0 atom stereocenters. The molecule has 29 heavy (non-hydrogen) atoms. The third-order valence-electron chi connectivity index (χ3n) is 6.20. The maximum atomic E-state index is 12.8. The van der Waals surface area contributed by atoms with Crippen LogP contribution < -0.4 is 5.56 Å². The summed E-state index contributed by atoms with van der Waals surface area (Å²) in [6.07, 6.45) is 6.10. The Balaban J connectivity index is 1.36. The van der Waals surface area contributed by atoms with Crippen molar-refractivity contribution in [3.8, 4) is 0 Å². The van der Waals surface area contributed by atoms with Gasteiger partial charge < -0.3 is 14.4 Å². The number of nitrogens with zero attached hydrogens (tertiary/aromatic N) is 4. The summed E-state index contributed by atoms with van der Waals surface area (Å²) in [4.78, 5) is 34.6. The van der Waals surface area contributed by atoms with Crippen molar-refractivity contribution in [1.29, 1.82) is 0 Å². The van der Waals surface area contributed by atoms with E-state index in [2.05, 4.69) is 9.88 Å². The molecule has 0 aliphatic carbocycles. The number of carbonyl (C=O) groups excluding carboxylic acids is 1. The number of aryl methyl sites for hydroxylation is 1. The monoisotopic (exact) mass is 414 g/mol. The first-order valence-corrected chi connectivity index (χ1v) is 11.8. The molecule has 2 aliphatic heterocycles. The highest BCUT2D eigenvalue weighted by atomic mass is 32.2. The third kappa shape index (κ3) is 4.51. The molecule has 0 saturated carbocycles. The summed E-state index contributed by atoms with van der Waals surface area (Å²) in [6, 6.07) is 8.30. The predicted octanol–water partition coefficient (Wildman–Crippen LogP) is 2.99. The second-order valence-electron chi connectivity index (χ2n) is 7.95. The zero-order chi connectivity index (χ0) is 20.2. The van der Waals surface area contributed by atoms with Gasteiger partial charge in [0.2, 0.25) is 5.91 Å². The normalized spacial score (nSPS) is 19.0. The molecule has 156 valence electrons. The van der Waals surface area contributed by atoms with Crippen LogP contribution in [-0.2, 0) is 11.3 Å². The number of carbonyl (C=O) groups is 1. The molecule has 4 rings (SSSR count). The largest absolute Gasteiger partial charge is 0.342 e. The van der Waals surface area contributed by atoms with Crippen molar-refractivity contribution in [2.24, 2.45) is 0 Å². The molecule has 0 bridgehead atoms. The van der Waals surface area contributed by atoms with Crippen LogP contribution in [0, 0.1) is 0 Å². The molecule has 1 aromatic carbocycles. The number of aromatic nitrogens is 2. The van der Waals surface area contributed by atoms with Gasteiger partial charge in [0.05, 0.1) is 16.8 Å². The van der Waals surface area contributed by atoms with Crippen molar-refractivity contribution in [1.82, 2.24) is 19.4 Å². The van der Waals surface area contributed by atoms with E-state index in [1.54, 1.807) is 4.57 Å². The minimum Gasteiger partial charge on any atom is -0.342 e. The number of rotatable bonds is 5. The van der Waals surface area contributed by atoms with E-state index >= 15 is 0 Å². The summed E-state index contributed by atoms with van der Waals surface area (Å²) >= 11 is 1.28. The second kappa shape index (κ2) is 9.30. The van der Waals surface area contributed by atoms with Gasteiger partial charge in [0.25, 0.3) is 5.56 Å². The van der Waals surface area contributed by atoms with E-state index in [9.17, 15) is 9.59 Å². The summed E-state index contributed by atoms with van der Waals surface area (Å²) in [6.45, 7) is 6.63. The lowest BCUT2D eigenvalue weighted by molar-refractivity contribution is -0.129. The molecular weight excluding hydrogens is 384 g/mol. The Morgan fingerprint density at radius 3 is 2.55 bits per heavy atom. The summed E-state index contributed by atoms with van der Waals surface area (Å²) < 4.78 is 1.74. The fourth-order valence-corrected chi connectivity index (χ4v) is 5.40. The van der Waals surface area contributed by atoms with E-state index in [4.69, 9.17) is 0 Å². The van der Waals surface area contributed by atoms with Crippen molar-refractivity contribution in [2.45, 2.75) is 56.6 Å². The summed E-state index contributed by atoms with van der Waals surface area (Å²) in [5.74, 6) is 0.392. The van der Waals surface area contributed by atoms with Gasteiger partial charge >= 0.3 is 0 Å². The van der Waals surface area contributed by atoms with Crippen LogP contribution >= 0.6 is 11.8 Å². The Labute approximate surface area is 176 Å². The standard InChI is InChI=1S/C22H30N4O2S/c1-2-26-19-9-5-4-8-18(19)23-21(22(26)28)29-16-20(27)25-14-10-17(11-15-25)24-12-6-3-7-13-24/h4-5,8-9,17H,2-3,6-7,10-16H2,1H3. The summed E-state index contributed by atoms with van der Waals surface area (Å²) in [7, 11) is 0. The molecule has 1 amide bonds. The van der Waals surface area contributed by atoms with Gasteiger partial charge in [-0.25, -0.2) is 4.98 Å². The number of thioether (sulfide) groups is 1. The number of hydrogen-bond donors (Lipinski definition) is 0. The van der Waals surface area contributed by atoms with Crippen LogP contribution in [-0.4, -0.2) is 63.2 Å². The van der Waals surface area contributed by atoms with Gasteiger partial charge in [-0.3, -0.25) is 9.59 Å². The quantitative estimate of drug-likeness (QED) is 0.704. The average Bonchev–Trinajstić information content (AvgIpc) is 2.78. The maximum Gasteiger partial charge on any atom is 0.283 e. The van der Waals surface area contributed by atoms with Crippen LogP contribution in [0.1, 0.15) is 39.0 Å². The SMILES string of the molecule is CCn1c(=O)c(SCC(=O)N2CCC(N3CCCCC3)CC2)nc2ccccc21. The van der Waals surface area contributed by atoms with E-state index in [1.165, 1.54) is 44.1 Å². The lowest BCUT2D eigenvalue weighted by Crippen LogP contribution is -2.48. The second-order valence-corrected chi connectivity index (χ2v) is 8.92. The number of hydrogen-bond acceptors (Lipinski definition) is 5. The van der Waals surface area contributed by atoms with Crippen LogP contribution in [0.5, 0.6) is 0 Å². The topological polar surface area (TPSA) is 58.4 Å². The van der Waals surface area contributed by atoms with Gasteiger partial charge in [-0.05, 0) is 57.8 Å². The van der Waals surface area contributed by atoms with Crippen LogP contribution in [0.4, 0.5) is 0 Å². The first-order chi connectivity index (χ1) is 14.2. The van der Waals surface area contributed by atoms with E-state index in [-0.39, 0.29) is 17.2 Å². The molecule has 3 heterocycles. The fraction of sp³-hybridized carbons (Fsp3) is 0.591. The molecule has 7 heteroatoms. The molecule has 6 nitrogen and oxygen atoms in total. The number of fused-ring (bicyclic) bond motifs is 1. The average molecular weight is 415 g/mol. The van der Waals surface area contributed by atoms with Crippen molar-refractivity contribution >= 4 is 28.7 Å². The lowest BCUT2D eigenvalue weighted by atomic mass is 10.00. The number of piperidine rings is 2. The molecule has 0 N–H and O–H groups in total. The van der Waals surface area contributed by atoms with Gasteiger partial charge in [0.1, 0.15) is 0 Å². The van der Waals surface area contributed by atoms with Gasteiger partial charge in [0, 0.05) is 25.7 Å². The van der Waals surface area contributed by atoms with Gasteiger partial charge in [0.15, 0.2) is 5.03 Å². The molecule has 0 radical (unpaired) electrons. The third-order valence-corrected chi connectivity index (χ3v) is 7.13. The highest BCUT2D eigenvalue weighted by Gasteiger charge is 2.27. The molecule has 2 aromatic rings. The van der Waals surface area contributed by atoms with Gasteiger partial charge in [-0.2, -0.15) is 0 Å². The van der Waals surface area contributed by atoms with Crippen LogP contribution in [0.25, 0.3) is 11.0 Å². The Bertz CT molecular complexity index is 915. The zero-order valence-corrected chi connectivity index (χ0v) is 18.0. The Hall–Kier alpha value is -1.86. The minimum absolute atomic E-state index is 0.104. The Kier molecular flexibility index (Phi) is 6.55. The number of para-hydroxylation sites is 2. The van der Waals surface area contributed by atoms with E-state index in [1.807, 2.05) is 36.1 Å². The van der Waals surface area contributed by atoms with Crippen molar-refractivity contribution in [3.05, 3.63) is 34.6 Å². The van der Waals surface area contributed by atoms with Crippen LogP contribution in [0.15, 0.2) is 34.1 Å². The maximum absolute atomic E-state index is 12.8. The first kappa shape index (κ1) is 20.4. The van der Waals surface area contributed by atoms with E-state index < -0.39 is 0 Å². The summed E-state index contributed by atoms with van der Waals surface area (Å²) in [5, 5.41) is 0.419. The zero-order valence-electron chi connectivity index (χ0n) is 17.2. The molecule has 1 aromatic heterocycles. The van der Waals surface area contributed by atoms with Crippen molar-refractivity contribution in [3.63, 3.8) is 0 Å². The minimum atomic E-state index is -0.104. The molecule has 0 spiro atoms. The molecule has 2 saturated heterocycles. The van der Waals surface area contributed by atoms with Crippen molar-refractivity contribution < 1.29 is 4.79 Å². The predicted molar refractivity (Wildman–Crippen MR) is 117 cm³/mol. The summed E-state index contributed by atoms with van der Waals surface area (Å²) in [5.41, 5.74) is 1.54. The molecular formula is C22H30N4O2S. The first-order valence-electron chi connectivity index (χ1n) is 10.8. The van der Waals surface area contributed by atoms with Gasteiger partial charge in [-0.1, -0.05) is 30.3 Å². The Morgan fingerprint density at radius 1 is 1.10 bits per heavy atom. The molecule has 2 aliphatic rings. The highest BCUT2D eigenvalue weighted by Crippen LogP contribution is 2.22. The van der Waals surface area contributed by atoms with Crippen LogP contribution in [0.3, 0.4) is 0 Å². The van der Waals surface area contributed by atoms with Crippen LogP contribution in [0.2, 0.25) is 0 Å². The highest BCUT2D eigenvalue weighted by molar-refractivity contribution is 7.99. The number of benzene rings is 1. The lowest BCUT2D eigenvalue weighted by Gasteiger charge is -2.40. The van der Waals surface area contributed by atoms with E-state index in [0.29, 0.717) is 17.6 Å². The number of amides is 1. The Morgan fingerprint density at radius 2 is 1.83 bits per heavy atom. The fourth-order valence-electron chi connectivity index (χ4n) is 4.56. The molecule has 0 unspecified atom stereocenters. The number of likely N-dealkylation sites (tertiary alicyclic amines) is 2.